The second-order valence-corrected chi connectivity index (χ2v) is 6.64. The van der Waals surface area contributed by atoms with Crippen molar-refractivity contribution in [1.29, 1.82) is 0 Å². The molecule has 3 aromatic rings. The largest absolute Gasteiger partial charge is 0.497 e. The number of rotatable bonds is 3. The fraction of sp³-hybridized carbons (Fsp3) is 0.130. The number of fused-ring (bicyclic) bond motifs is 1. The molecule has 4 nitrogen and oxygen atoms in total. The SMILES string of the molecule is COc1ccc(C2=Nc3ccc(C)cc3NC(c3ccc(C)cc3)=N2)cc1. The smallest absolute Gasteiger partial charge is 0.162 e. The van der Waals surface area contributed by atoms with E-state index in [9.17, 15) is 0 Å². The number of anilines is 1. The standard InChI is InChI=1S/C23H21N3O/c1-15-4-7-17(8-5-15)23-25-21-14-16(2)6-13-20(21)24-22(26-23)18-9-11-19(27-3)12-10-18/h4-14H,1-3H3,(H,24,25,26). The molecule has 0 spiro atoms. The molecule has 0 saturated heterocycles. The van der Waals surface area contributed by atoms with Gasteiger partial charge in [-0.15, -0.1) is 0 Å². The Morgan fingerprint density at radius 1 is 0.741 bits per heavy atom. The van der Waals surface area contributed by atoms with E-state index in [4.69, 9.17) is 14.7 Å². The van der Waals surface area contributed by atoms with E-state index in [1.54, 1.807) is 7.11 Å². The average molecular weight is 355 g/mol. The maximum Gasteiger partial charge on any atom is 0.162 e. The van der Waals surface area contributed by atoms with Crippen LogP contribution < -0.4 is 10.1 Å². The molecule has 0 aromatic heterocycles. The molecule has 1 heterocycles. The van der Waals surface area contributed by atoms with E-state index in [-0.39, 0.29) is 0 Å². The quantitative estimate of drug-likeness (QED) is 0.696. The number of aliphatic imine (C=N–C) groups is 2. The van der Waals surface area contributed by atoms with Gasteiger partial charge in [-0.25, -0.2) is 9.98 Å². The minimum Gasteiger partial charge on any atom is -0.497 e. The van der Waals surface area contributed by atoms with Crippen LogP contribution >= 0.6 is 0 Å². The number of hydrogen-bond acceptors (Lipinski definition) is 4. The molecular weight excluding hydrogens is 334 g/mol. The molecule has 0 saturated carbocycles. The van der Waals surface area contributed by atoms with Crippen LogP contribution in [0.5, 0.6) is 5.75 Å². The zero-order valence-corrected chi connectivity index (χ0v) is 15.7. The van der Waals surface area contributed by atoms with Gasteiger partial charge < -0.3 is 10.1 Å². The normalized spacial score (nSPS) is 13.0. The molecule has 1 aliphatic heterocycles. The highest BCUT2D eigenvalue weighted by Gasteiger charge is 2.15. The molecule has 3 aromatic carbocycles. The highest BCUT2D eigenvalue weighted by molar-refractivity contribution is 6.19. The van der Waals surface area contributed by atoms with Gasteiger partial charge >= 0.3 is 0 Å². The number of methoxy groups -OCH3 is 1. The van der Waals surface area contributed by atoms with E-state index in [1.807, 2.05) is 30.3 Å². The van der Waals surface area contributed by atoms with E-state index in [1.165, 1.54) is 11.1 Å². The molecule has 0 aliphatic carbocycles. The molecule has 4 rings (SSSR count). The lowest BCUT2D eigenvalue weighted by atomic mass is 10.1. The van der Waals surface area contributed by atoms with Crippen LogP contribution in [-0.4, -0.2) is 18.8 Å². The predicted molar refractivity (Wildman–Crippen MR) is 112 cm³/mol. The second-order valence-electron chi connectivity index (χ2n) is 6.64. The summed E-state index contributed by atoms with van der Waals surface area (Å²) in [6.07, 6.45) is 0. The number of nitrogens with one attached hydrogen (secondary N) is 1. The first kappa shape index (κ1) is 17.0. The molecule has 0 fully saturated rings. The summed E-state index contributed by atoms with van der Waals surface area (Å²) >= 11 is 0. The lowest BCUT2D eigenvalue weighted by molar-refractivity contribution is 0.415. The van der Waals surface area contributed by atoms with Crippen LogP contribution in [0.2, 0.25) is 0 Å². The third-order valence-corrected chi connectivity index (χ3v) is 4.52. The molecule has 0 amide bonds. The zero-order chi connectivity index (χ0) is 18.8. The van der Waals surface area contributed by atoms with Gasteiger partial charge in [-0.3, -0.25) is 0 Å². The monoisotopic (exact) mass is 355 g/mol. The average Bonchev–Trinajstić information content (AvgIpc) is 2.88. The van der Waals surface area contributed by atoms with Crippen molar-refractivity contribution in [1.82, 2.24) is 0 Å². The zero-order valence-electron chi connectivity index (χ0n) is 15.7. The highest BCUT2D eigenvalue weighted by atomic mass is 16.5. The number of benzene rings is 3. The van der Waals surface area contributed by atoms with Gasteiger partial charge in [-0.05, 0) is 55.8 Å². The summed E-state index contributed by atoms with van der Waals surface area (Å²) in [5, 5.41) is 3.47. The van der Waals surface area contributed by atoms with Crippen molar-refractivity contribution in [3.05, 3.63) is 89.0 Å². The first-order chi connectivity index (χ1) is 13.1. The fourth-order valence-corrected chi connectivity index (χ4v) is 2.97. The van der Waals surface area contributed by atoms with Crippen molar-refractivity contribution in [2.45, 2.75) is 13.8 Å². The summed E-state index contributed by atoms with van der Waals surface area (Å²) in [7, 11) is 1.66. The van der Waals surface area contributed by atoms with Crippen molar-refractivity contribution in [2.75, 3.05) is 12.4 Å². The maximum absolute atomic E-state index is 5.26. The minimum atomic E-state index is 0.670. The topological polar surface area (TPSA) is 46.0 Å². The summed E-state index contributed by atoms with van der Waals surface area (Å²) in [5.41, 5.74) is 6.18. The Balaban J connectivity index is 1.85. The van der Waals surface area contributed by atoms with Gasteiger partial charge in [0.15, 0.2) is 5.84 Å². The number of aryl methyl sites for hydroxylation is 2. The summed E-state index contributed by atoms with van der Waals surface area (Å²) < 4.78 is 5.26. The first-order valence-corrected chi connectivity index (χ1v) is 8.89. The number of nitrogens with zero attached hydrogens (tertiary/aromatic N) is 2. The van der Waals surface area contributed by atoms with Crippen molar-refractivity contribution >= 4 is 23.0 Å². The Hall–Kier alpha value is -3.40. The number of amidine groups is 2. The molecule has 0 bridgehead atoms. The molecule has 1 aliphatic rings. The van der Waals surface area contributed by atoms with E-state index >= 15 is 0 Å². The Morgan fingerprint density at radius 3 is 2.11 bits per heavy atom. The van der Waals surface area contributed by atoms with Crippen LogP contribution in [0, 0.1) is 13.8 Å². The van der Waals surface area contributed by atoms with Crippen LogP contribution in [0.3, 0.4) is 0 Å². The van der Waals surface area contributed by atoms with Crippen molar-refractivity contribution < 1.29 is 4.74 Å². The van der Waals surface area contributed by atoms with E-state index < -0.39 is 0 Å². The van der Waals surface area contributed by atoms with Crippen LogP contribution in [0.1, 0.15) is 22.3 Å². The summed E-state index contributed by atoms with van der Waals surface area (Å²) in [5.74, 6) is 2.27. The third-order valence-electron chi connectivity index (χ3n) is 4.52. The molecule has 134 valence electrons. The van der Waals surface area contributed by atoms with Crippen LogP contribution in [0.4, 0.5) is 11.4 Å². The third kappa shape index (κ3) is 3.60. The Labute approximate surface area is 159 Å². The Morgan fingerprint density at radius 2 is 1.41 bits per heavy atom. The summed E-state index contributed by atoms with van der Waals surface area (Å²) in [6, 6.07) is 22.3. The fourth-order valence-electron chi connectivity index (χ4n) is 2.97. The molecule has 0 unspecified atom stereocenters. The second kappa shape index (κ2) is 7.08. The van der Waals surface area contributed by atoms with Gasteiger partial charge in [-0.2, -0.15) is 0 Å². The van der Waals surface area contributed by atoms with Gasteiger partial charge in [0.2, 0.25) is 0 Å². The lowest BCUT2D eigenvalue weighted by Crippen LogP contribution is -2.15. The van der Waals surface area contributed by atoms with Crippen LogP contribution in [0.15, 0.2) is 76.7 Å². The predicted octanol–water partition coefficient (Wildman–Crippen LogP) is 5.26. The maximum atomic E-state index is 5.26. The summed E-state index contributed by atoms with van der Waals surface area (Å²) in [6.45, 7) is 4.15. The summed E-state index contributed by atoms with van der Waals surface area (Å²) in [4.78, 5) is 9.69. The van der Waals surface area contributed by atoms with Crippen molar-refractivity contribution in [3.63, 3.8) is 0 Å². The van der Waals surface area contributed by atoms with Crippen molar-refractivity contribution in [2.24, 2.45) is 9.98 Å². The molecule has 27 heavy (non-hydrogen) atoms. The van der Waals surface area contributed by atoms with Gasteiger partial charge in [0.25, 0.3) is 0 Å². The van der Waals surface area contributed by atoms with Crippen molar-refractivity contribution in [3.8, 4) is 5.75 Å². The molecule has 0 atom stereocenters. The molecule has 4 heteroatoms. The molecule has 1 N–H and O–H groups in total. The van der Waals surface area contributed by atoms with E-state index in [2.05, 4.69) is 55.6 Å². The van der Waals surface area contributed by atoms with E-state index in [0.29, 0.717) is 5.84 Å². The van der Waals surface area contributed by atoms with Gasteiger partial charge in [0.1, 0.15) is 11.6 Å². The highest BCUT2D eigenvalue weighted by Crippen LogP contribution is 2.30. The van der Waals surface area contributed by atoms with Gasteiger partial charge in [0.05, 0.1) is 18.5 Å². The minimum absolute atomic E-state index is 0.670. The lowest BCUT2D eigenvalue weighted by Gasteiger charge is -2.10. The first-order valence-electron chi connectivity index (χ1n) is 8.89. The Kier molecular flexibility index (Phi) is 4.47. The van der Waals surface area contributed by atoms with Gasteiger partial charge in [0, 0.05) is 11.1 Å². The van der Waals surface area contributed by atoms with E-state index in [0.717, 1.165) is 34.1 Å². The Bertz CT molecular complexity index is 1030. The molecular formula is C23H21N3O. The van der Waals surface area contributed by atoms with Gasteiger partial charge in [-0.1, -0.05) is 35.9 Å². The van der Waals surface area contributed by atoms with Crippen LogP contribution in [-0.2, 0) is 0 Å². The molecule has 0 radical (unpaired) electrons. The van der Waals surface area contributed by atoms with Crippen LogP contribution in [0.25, 0.3) is 0 Å². The number of hydrogen-bond donors (Lipinski definition) is 1. The number of ether oxygens (including phenoxy) is 1.